The van der Waals surface area contributed by atoms with E-state index in [2.05, 4.69) is 17.0 Å². The first-order valence-electron chi connectivity index (χ1n) is 10.6. The van der Waals surface area contributed by atoms with Gasteiger partial charge in [-0.3, -0.25) is 4.79 Å². The van der Waals surface area contributed by atoms with Crippen LogP contribution in [0.5, 0.6) is 0 Å². The fraction of sp³-hybridized carbons (Fsp3) is 0.500. The third kappa shape index (κ3) is 4.41. The minimum atomic E-state index is -3.48. The monoisotopic (exact) mass is 415 g/mol. The van der Waals surface area contributed by atoms with Crippen molar-refractivity contribution in [3.63, 3.8) is 0 Å². The minimum Gasteiger partial charge on any atom is -0.351 e. The topological polar surface area (TPSA) is 62.6 Å². The van der Waals surface area contributed by atoms with Crippen LogP contribution in [-0.4, -0.2) is 54.3 Å². The van der Waals surface area contributed by atoms with E-state index in [4.69, 9.17) is 0 Å². The maximum absolute atomic E-state index is 12.9. The van der Waals surface area contributed by atoms with Crippen molar-refractivity contribution in [3.8, 4) is 0 Å². The Bertz CT molecular complexity index is 907. The molecule has 29 heavy (non-hydrogen) atoms. The number of sulfonamides is 1. The van der Waals surface area contributed by atoms with E-state index in [1.165, 1.54) is 0 Å². The van der Waals surface area contributed by atoms with Crippen LogP contribution in [0.15, 0.2) is 53.7 Å². The third-order valence-corrected chi connectivity index (χ3v) is 8.02. The first kappa shape index (κ1) is 20.2. The lowest BCUT2D eigenvalue weighted by molar-refractivity contribution is 0.0694. The fourth-order valence-electron chi connectivity index (χ4n) is 4.34. The fourth-order valence-corrected chi connectivity index (χ4v) is 5.86. The zero-order chi connectivity index (χ0) is 20.3. The van der Waals surface area contributed by atoms with E-state index in [9.17, 15) is 13.2 Å². The molecule has 1 amide bonds. The number of likely N-dealkylation sites (tertiary alicyclic amines) is 1. The Hall–Kier alpha value is -2.12. The van der Waals surface area contributed by atoms with E-state index in [0.29, 0.717) is 24.7 Å². The van der Waals surface area contributed by atoms with Gasteiger partial charge in [0.25, 0.3) is 5.91 Å². The van der Waals surface area contributed by atoms with Gasteiger partial charge in [-0.2, -0.15) is 4.31 Å². The van der Waals surface area contributed by atoms with E-state index in [0.717, 1.165) is 51.6 Å². The van der Waals surface area contributed by atoms with Crippen molar-refractivity contribution in [2.45, 2.75) is 49.5 Å². The smallest absolute Gasteiger partial charge is 0.253 e. The average molecular weight is 416 g/mol. The Labute approximate surface area is 173 Å². The molecule has 0 N–H and O–H groups in total. The average Bonchev–Trinajstić information content (AvgIpc) is 3.15. The molecule has 1 aromatic heterocycles. The zero-order valence-corrected chi connectivity index (χ0v) is 17.6. The molecule has 0 radical (unpaired) electrons. The van der Waals surface area contributed by atoms with Crippen molar-refractivity contribution in [2.75, 3.05) is 26.2 Å². The first-order valence-corrected chi connectivity index (χ1v) is 12.0. The molecule has 0 bridgehead atoms. The second-order valence-corrected chi connectivity index (χ2v) is 9.93. The van der Waals surface area contributed by atoms with Crippen LogP contribution >= 0.6 is 0 Å². The van der Waals surface area contributed by atoms with Gasteiger partial charge in [-0.1, -0.05) is 12.8 Å². The highest BCUT2D eigenvalue weighted by atomic mass is 32.2. The standard InChI is InChI=1S/C22H29N3O3S/c26-22(24-17-11-20(12-18-24)23-13-5-6-14-23)19-7-9-21(10-8-19)29(27,28)25-15-3-1-2-4-16-25/h5-10,13-14,20H,1-4,11-12,15-18H2. The zero-order valence-electron chi connectivity index (χ0n) is 16.7. The molecule has 3 heterocycles. The van der Waals surface area contributed by atoms with Crippen molar-refractivity contribution < 1.29 is 13.2 Å². The summed E-state index contributed by atoms with van der Waals surface area (Å²) in [7, 11) is -3.48. The molecule has 0 atom stereocenters. The summed E-state index contributed by atoms with van der Waals surface area (Å²) in [5, 5.41) is 0. The Kier molecular flexibility index (Phi) is 6.06. The highest BCUT2D eigenvalue weighted by molar-refractivity contribution is 7.89. The number of amides is 1. The molecule has 2 saturated heterocycles. The Morgan fingerprint density at radius 2 is 1.41 bits per heavy atom. The number of benzene rings is 1. The Morgan fingerprint density at radius 1 is 0.828 bits per heavy atom. The number of carbonyl (C=O) groups is 1. The molecule has 2 aliphatic heterocycles. The molecule has 0 unspecified atom stereocenters. The van der Waals surface area contributed by atoms with Crippen molar-refractivity contribution in [1.29, 1.82) is 0 Å². The van der Waals surface area contributed by atoms with Crippen molar-refractivity contribution >= 4 is 15.9 Å². The second-order valence-electron chi connectivity index (χ2n) is 8.00. The normalized spacial score (nSPS) is 19.8. The van der Waals surface area contributed by atoms with Gasteiger partial charge in [0.05, 0.1) is 4.90 Å². The van der Waals surface area contributed by atoms with Gasteiger partial charge in [-0.25, -0.2) is 8.42 Å². The molecular weight excluding hydrogens is 386 g/mol. The molecule has 1 aromatic carbocycles. The molecule has 0 spiro atoms. The summed E-state index contributed by atoms with van der Waals surface area (Å²) in [6, 6.07) is 11.0. The second kappa shape index (κ2) is 8.71. The molecule has 0 aliphatic carbocycles. The number of piperidine rings is 1. The van der Waals surface area contributed by atoms with Crippen molar-refractivity contribution in [1.82, 2.24) is 13.8 Å². The highest BCUT2D eigenvalue weighted by Gasteiger charge is 2.27. The molecule has 2 aromatic rings. The van der Waals surface area contributed by atoms with E-state index in [1.54, 1.807) is 28.6 Å². The summed E-state index contributed by atoms with van der Waals surface area (Å²) >= 11 is 0. The highest BCUT2D eigenvalue weighted by Crippen LogP contribution is 2.25. The van der Waals surface area contributed by atoms with Crippen LogP contribution in [0.2, 0.25) is 0 Å². The van der Waals surface area contributed by atoms with Gasteiger partial charge in [0.2, 0.25) is 10.0 Å². The first-order chi connectivity index (χ1) is 14.1. The van der Waals surface area contributed by atoms with E-state index in [1.807, 2.05) is 17.0 Å². The number of carbonyl (C=O) groups excluding carboxylic acids is 1. The molecule has 7 heteroatoms. The lowest BCUT2D eigenvalue weighted by atomic mass is 10.0. The summed E-state index contributed by atoms with van der Waals surface area (Å²) in [6.07, 6.45) is 10.0. The largest absolute Gasteiger partial charge is 0.351 e. The maximum atomic E-state index is 12.9. The molecule has 156 valence electrons. The predicted octanol–water partition coefficient (Wildman–Crippen LogP) is 3.53. The number of rotatable bonds is 4. The van der Waals surface area contributed by atoms with Crippen LogP contribution in [0.1, 0.15) is 54.9 Å². The summed E-state index contributed by atoms with van der Waals surface area (Å²) in [6.45, 7) is 2.60. The van der Waals surface area contributed by atoms with E-state index in [-0.39, 0.29) is 10.8 Å². The summed E-state index contributed by atoms with van der Waals surface area (Å²) in [4.78, 5) is 15.0. The molecule has 2 aliphatic rings. The van der Waals surface area contributed by atoms with E-state index >= 15 is 0 Å². The Balaban J connectivity index is 1.40. The SMILES string of the molecule is O=C(c1ccc(S(=O)(=O)N2CCCCCC2)cc1)N1CCC(n2cccc2)CC1. The number of nitrogens with zero attached hydrogens (tertiary/aromatic N) is 3. The Morgan fingerprint density at radius 3 is 2.00 bits per heavy atom. The molecule has 2 fully saturated rings. The van der Waals surface area contributed by atoms with Crippen LogP contribution in [0, 0.1) is 0 Å². The van der Waals surface area contributed by atoms with Gasteiger partial charge in [0.15, 0.2) is 0 Å². The van der Waals surface area contributed by atoms with Gasteiger partial charge in [0, 0.05) is 50.2 Å². The minimum absolute atomic E-state index is 0.0188. The molecule has 4 rings (SSSR count). The maximum Gasteiger partial charge on any atom is 0.253 e. The quantitative estimate of drug-likeness (QED) is 0.767. The van der Waals surface area contributed by atoms with E-state index < -0.39 is 10.0 Å². The third-order valence-electron chi connectivity index (χ3n) is 6.10. The summed E-state index contributed by atoms with van der Waals surface area (Å²) in [5.41, 5.74) is 0.555. The van der Waals surface area contributed by atoms with Gasteiger partial charge in [-0.15, -0.1) is 0 Å². The number of hydrogen-bond acceptors (Lipinski definition) is 3. The van der Waals surface area contributed by atoms with Crippen LogP contribution in [0.3, 0.4) is 0 Å². The lowest BCUT2D eigenvalue weighted by Crippen LogP contribution is -2.39. The molecule has 6 nitrogen and oxygen atoms in total. The van der Waals surface area contributed by atoms with Gasteiger partial charge in [-0.05, 0) is 62.1 Å². The number of hydrogen-bond donors (Lipinski definition) is 0. The van der Waals surface area contributed by atoms with Gasteiger partial charge >= 0.3 is 0 Å². The summed E-state index contributed by atoms with van der Waals surface area (Å²) in [5.74, 6) is -0.0188. The lowest BCUT2D eigenvalue weighted by Gasteiger charge is -2.33. The van der Waals surface area contributed by atoms with Crippen LogP contribution < -0.4 is 0 Å². The van der Waals surface area contributed by atoms with Gasteiger partial charge in [0.1, 0.15) is 0 Å². The van der Waals surface area contributed by atoms with Crippen molar-refractivity contribution in [3.05, 3.63) is 54.4 Å². The predicted molar refractivity (Wildman–Crippen MR) is 112 cm³/mol. The summed E-state index contributed by atoms with van der Waals surface area (Å²) < 4.78 is 29.6. The number of aromatic nitrogens is 1. The van der Waals surface area contributed by atoms with Crippen LogP contribution in [-0.2, 0) is 10.0 Å². The molecule has 0 saturated carbocycles. The van der Waals surface area contributed by atoms with Crippen LogP contribution in [0.25, 0.3) is 0 Å². The van der Waals surface area contributed by atoms with Gasteiger partial charge < -0.3 is 9.47 Å². The van der Waals surface area contributed by atoms with Crippen molar-refractivity contribution in [2.24, 2.45) is 0 Å². The molecular formula is C22H29N3O3S. The van der Waals surface area contributed by atoms with Crippen LogP contribution in [0.4, 0.5) is 0 Å².